The van der Waals surface area contributed by atoms with E-state index >= 15 is 0 Å². The number of hydrogen-bond acceptors (Lipinski definition) is 4. The molecular weight excluding hydrogens is 327 g/mol. The topological polar surface area (TPSA) is 73.6 Å². The maximum absolute atomic E-state index is 12.4. The molecule has 1 aromatic rings. The van der Waals surface area contributed by atoms with E-state index in [0.717, 1.165) is 19.3 Å². The van der Waals surface area contributed by atoms with E-state index in [9.17, 15) is 4.79 Å². The van der Waals surface area contributed by atoms with E-state index in [1.54, 1.807) is 12.1 Å². The van der Waals surface area contributed by atoms with Crippen LogP contribution in [-0.4, -0.2) is 26.7 Å². The van der Waals surface area contributed by atoms with Gasteiger partial charge >= 0.3 is 0 Å². The summed E-state index contributed by atoms with van der Waals surface area (Å²) in [6.07, 6.45) is 2.93. The zero-order valence-corrected chi connectivity index (χ0v) is 14.3. The Balaban J connectivity index is 0.00000242. The summed E-state index contributed by atoms with van der Waals surface area (Å²) in [5.41, 5.74) is 6.30. The fourth-order valence-corrected chi connectivity index (χ4v) is 3.08. The summed E-state index contributed by atoms with van der Waals surface area (Å²) in [5, 5.41) is 3.35. The second-order valence-electron chi connectivity index (χ2n) is 5.21. The standard InChI is InChI=1S/C15H21ClN2O3.ClH/c1-20-13-7-12(14(21-2)6-11(13)16)18-15(19)10-5-3-4-9(10)8-17;/h6-7,9-10H,3-5,8,17H2,1-2H3,(H,18,19);1H/t9-,10-;/m1./s1. The third-order valence-corrected chi connectivity index (χ3v) is 4.33. The van der Waals surface area contributed by atoms with Crippen molar-refractivity contribution < 1.29 is 14.3 Å². The second kappa shape index (κ2) is 8.46. The average molecular weight is 349 g/mol. The molecule has 7 heteroatoms. The SMILES string of the molecule is COc1cc(NC(=O)[C@@H]2CCC[C@@H]2CN)c(OC)cc1Cl.Cl. The zero-order chi connectivity index (χ0) is 15.4. The van der Waals surface area contributed by atoms with Gasteiger partial charge < -0.3 is 20.5 Å². The Morgan fingerprint density at radius 1 is 1.32 bits per heavy atom. The van der Waals surface area contributed by atoms with Crippen molar-refractivity contribution in [2.75, 3.05) is 26.1 Å². The minimum atomic E-state index is -0.0404. The number of carbonyl (C=O) groups excluding carboxylic acids is 1. The van der Waals surface area contributed by atoms with Crippen molar-refractivity contribution in [3.8, 4) is 11.5 Å². The average Bonchev–Trinajstić information content (AvgIpc) is 2.97. The Kier molecular flexibility index (Phi) is 7.26. The monoisotopic (exact) mass is 348 g/mol. The van der Waals surface area contributed by atoms with Crippen LogP contribution in [0.25, 0.3) is 0 Å². The van der Waals surface area contributed by atoms with E-state index in [1.165, 1.54) is 14.2 Å². The van der Waals surface area contributed by atoms with Crippen LogP contribution in [0.2, 0.25) is 5.02 Å². The molecule has 1 aliphatic rings. The minimum absolute atomic E-state index is 0. The lowest BCUT2D eigenvalue weighted by molar-refractivity contribution is -0.120. The first-order chi connectivity index (χ1) is 10.1. The summed E-state index contributed by atoms with van der Waals surface area (Å²) >= 11 is 6.06. The van der Waals surface area contributed by atoms with E-state index in [2.05, 4.69) is 5.32 Å². The molecule has 1 saturated carbocycles. The molecule has 1 aliphatic carbocycles. The smallest absolute Gasteiger partial charge is 0.227 e. The molecule has 1 fully saturated rings. The molecule has 5 nitrogen and oxygen atoms in total. The molecule has 22 heavy (non-hydrogen) atoms. The molecule has 0 heterocycles. The van der Waals surface area contributed by atoms with Crippen LogP contribution in [0.3, 0.4) is 0 Å². The molecule has 2 rings (SSSR count). The number of methoxy groups -OCH3 is 2. The molecule has 3 N–H and O–H groups in total. The summed E-state index contributed by atoms with van der Waals surface area (Å²) < 4.78 is 10.4. The number of amides is 1. The van der Waals surface area contributed by atoms with Gasteiger partial charge in [-0.25, -0.2) is 0 Å². The highest BCUT2D eigenvalue weighted by atomic mass is 35.5. The van der Waals surface area contributed by atoms with Gasteiger partial charge in [0.15, 0.2) is 0 Å². The van der Waals surface area contributed by atoms with E-state index in [0.29, 0.717) is 28.8 Å². The molecule has 0 aromatic heterocycles. The molecule has 0 aliphatic heterocycles. The van der Waals surface area contributed by atoms with Gasteiger partial charge in [-0.2, -0.15) is 0 Å². The van der Waals surface area contributed by atoms with Crippen LogP contribution in [0, 0.1) is 11.8 Å². The van der Waals surface area contributed by atoms with Crippen LogP contribution in [0.15, 0.2) is 12.1 Å². The molecule has 124 valence electrons. The van der Waals surface area contributed by atoms with Gasteiger partial charge in [-0.1, -0.05) is 18.0 Å². The van der Waals surface area contributed by atoms with Crippen LogP contribution >= 0.6 is 24.0 Å². The number of benzene rings is 1. The quantitative estimate of drug-likeness (QED) is 0.857. The lowest BCUT2D eigenvalue weighted by atomic mass is 9.95. The summed E-state index contributed by atoms with van der Waals surface area (Å²) in [6.45, 7) is 0.541. The first-order valence-corrected chi connectivity index (χ1v) is 7.41. The number of anilines is 1. The van der Waals surface area contributed by atoms with Crippen LogP contribution in [0.4, 0.5) is 5.69 Å². The Labute approximate surface area is 141 Å². The van der Waals surface area contributed by atoms with Gasteiger partial charge in [0.2, 0.25) is 5.91 Å². The maximum atomic E-state index is 12.4. The number of nitrogens with two attached hydrogens (primary N) is 1. The minimum Gasteiger partial charge on any atom is -0.495 e. The Bertz CT molecular complexity index is 526. The lowest BCUT2D eigenvalue weighted by Gasteiger charge is -2.19. The van der Waals surface area contributed by atoms with E-state index in [4.69, 9.17) is 26.8 Å². The molecule has 0 saturated heterocycles. The fraction of sp³-hybridized carbons (Fsp3) is 0.533. The fourth-order valence-electron chi connectivity index (χ4n) is 2.85. The molecule has 2 atom stereocenters. The third kappa shape index (κ3) is 3.97. The Morgan fingerprint density at radius 2 is 2.00 bits per heavy atom. The van der Waals surface area contributed by atoms with E-state index < -0.39 is 0 Å². The molecule has 1 amide bonds. The maximum Gasteiger partial charge on any atom is 0.227 e. The van der Waals surface area contributed by atoms with Crippen LogP contribution in [-0.2, 0) is 4.79 Å². The summed E-state index contributed by atoms with van der Waals surface area (Å²) in [6, 6.07) is 3.30. The van der Waals surface area contributed by atoms with Crippen molar-refractivity contribution in [2.24, 2.45) is 17.6 Å². The van der Waals surface area contributed by atoms with Crippen LogP contribution in [0.5, 0.6) is 11.5 Å². The molecule has 0 radical (unpaired) electrons. The summed E-state index contributed by atoms with van der Waals surface area (Å²) in [5.74, 6) is 1.20. The first-order valence-electron chi connectivity index (χ1n) is 7.03. The first kappa shape index (κ1) is 18.9. The number of nitrogens with one attached hydrogen (secondary N) is 1. The molecule has 0 bridgehead atoms. The Hall–Kier alpha value is -1.17. The number of carbonyl (C=O) groups is 1. The number of halogens is 2. The highest BCUT2D eigenvalue weighted by Gasteiger charge is 2.32. The summed E-state index contributed by atoms with van der Waals surface area (Å²) in [7, 11) is 3.06. The van der Waals surface area contributed by atoms with Gasteiger partial charge in [-0.15, -0.1) is 12.4 Å². The van der Waals surface area contributed by atoms with Crippen molar-refractivity contribution in [3.05, 3.63) is 17.2 Å². The second-order valence-corrected chi connectivity index (χ2v) is 5.62. The van der Waals surface area contributed by atoms with E-state index in [-0.39, 0.29) is 30.2 Å². The number of ether oxygens (including phenoxy) is 2. The predicted octanol–water partition coefficient (Wildman–Crippen LogP) is 3.09. The van der Waals surface area contributed by atoms with Gasteiger partial charge in [0.25, 0.3) is 0 Å². The lowest BCUT2D eigenvalue weighted by Crippen LogP contribution is -2.29. The van der Waals surface area contributed by atoms with Crippen LogP contribution in [0.1, 0.15) is 19.3 Å². The Morgan fingerprint density at radius 3 is 2.59 bits per heavy atom. The normalized spacial score (nSPS) is 20.2. The zero-order valence-electron chi connectivity index (χ0n) is 12.7. The van der Waals surface area contributed by atoms with Gasteiger partial charge in [-0.05, 0) is 25.3 Å². The van der Waals surface area contributed by atoms with Crippen molar-refractivity contribution >= 4 is 35.6 Å². The highest BCUT2D eigenvalue weighted by molar-refractivity contribution is 6.32. The van der Waals surface area contributed by atoms with Gasteiger partial charge in [0.1, 0.15) is 11.5 Å². The van der Waals surface area contributed by atoms with Gasteiger partial charge in [-0.3, -0.25) is 4.79 Å². The molecular formula is C15H22Cl2N2O3. The predicted molar refractivity (Wildman–Crippen MR) is 90.3 cm³/mol. The third-order valence-electron chi connectivity index (χ3n) is 4.03. The van der Waals surface area contributed by atoms with Crippen molar-refractivity contribution in [1.29, 1.82) is 0 Å². The largest absolute Gasteiger partial charge is 0.495 e. The molecule has 0 spiro atoms. The van der Waals surface area contributed by atoms with Crippen molar-refractivity contribution in [1.82, 2.24) is 0 Å². The van der Waals surface area contributed by atoms with Gasteiger partial charge in [0, 0.05) is 18.1 Å². The summed E-state index contributed by atoms with van der Waals surface area (Å²) in [4.78, 5) is 12.4. The van der Waals surface area contributed by atoms with Gasteiger partial charge in [0.05, 0.1) is 24.9 Å². The van der Waals surface area contributed by atoms with E-state index in [1.807, 2.05) is 0 Å². The van der Waals surface area contributed by atoms with Crippen LogP contribution < -0.4 is 20.5 Å². The number of rotatable bonds is 5. The number of hydrogen-bond donors (Lipinski definition) is 2. The van der Waals surface area contributed by atoms with Crippen molar-refractivity contribution in [2.45, 2.75) is 19.3 Å². The highest BCUT2D eigenvalue weighted by Crippen LogP contribution is 2.37. The van der Waals surface area contributed by atoms with Crippen molar-refractivity contribution in [3.63, 3.8) is 0 Å². The molecule has 0 unspecified atom stereocenters. The molecule has 1 aromatic carbocycles.